The van der Waals surface area contributed by atoms with Crippen molar-refractivity contribution in [3.8, 4) is 6.07 Å². The van der Waals surface area contributed by atoms with Crippen LogP contribution in [0.4, 0.5) is 5.69 Å². The molecule has 1 aliphatic rings. The summed E-state index contributed by atoms with van der Waals surface area (Å²) in [7, 11) is 1.68. The minimum absolute atomic E-state index is 0.00847. The van der Waals surface area contributed by atoms with Gasteiger partial charge in [0.15, 0.2) is 0 Å². The Morgan fingerprint density at radius 1 is 1.33 bits per heavy atom. The molecule has 1 unspecified atom stereocenters. The normalized spacial score (nSPS) is 21.8. The van der Waals surface area contributed by atoms with E-state index in [2.05, 4.69) is 9.88 Å². The molecule has 0 bridgehead atoms. The summed E-state index contributed by atoms with van der Waals surface area (Å²) in [6, 6.07) is 6.35. The van der Waals surface area contributed by atoms with Gasteiger partial charge in [-0.05, 0) is 32.9 Å². The van der Waals surface area contributed by atoms with E-state index in [1.165, 1.54) is 4.57 Å². The molecule has 27 heavy (non-hydrogen) atoms. The van der Waals surface area contributed by atoms with Crippen LogP contribution in [0.3, 0.4) is 0 Å². The van der Waals surface area contributed by atoms with Crippen molar-refractivity contribution in [1.29, 1.82) is 5.26 Å². The predicted octanol–water partition coefficient (Wildman–Crippen LogP) is 1.18. The van der Waals surface area contributed by atoms with Crippen molar-refractivity contribution in [2.45, 2.75) is 38.9 Å². The molecular weight excluding hydrogens is 346 g/mol. The molecule has 3 atom stereocenters. The second-order valence-electron chi connectivity index (χ2n) is 7.16. The molecule has 8 nitrogen and oxygen atoms in total. The highest BCUT2D eigenvalue weighted by atomic mass is 16.4. The second kappa shape index (κ2) is 7.00. The van der Waals surface area contributed by atoms with E-state index in [9.17, 15) is 20.0 Å². The van der Waals surface area contributed by atoms with E-state index in [1.807, 2.05) is 24.8 Å². The molecule has 1 aliphatic heterocycles. The van der Waals surface area contributed by atoms with Gasteiger partial charge in [0.2, 0.25) is 0 Å². The van der Waals surface area contributed by atoms with E-state index >= 15 is 0 Å². The van der Waals surface area contributed by atoms with Gasteiger partial charge in [-0.25, -0.2) is 4.98 Å². The molecule has 2 aromatic heterocycles. The summed E-state index contributed by atoms with van der Waals surface area (Å²) in [5, 5.41) is 18.6. The first kappa shape index (κ1) is 18.9. The molecule has 3 rings (SSSR count). The van der Waals surface area contributed by atoms with Crippen LogP contribution in [0.2, 0.25) is 0 Å². The number of piperazine rings is 1. The lowest BCUT2D eigenvalue weighted by molar-refractivity contribution is -0.143. The molecule has 8 heteroatoms. The van der Waals surface area contributed by atoms with Gasteiger partial charge < -0.3 is 14.6 Å². The summed E-state index contributed by atoms with van der Waals surface area (Å²) >= 11 is 0. The molecular formula is C19H23N5O3. The number of aliphatic carboxylic acids is 1. The van der Waals surface area contributed by atoms with Gasteiger partial charge in [0.1, 0.15) is 23.3 Å². The van der Waals surface area contributed by atoms with E-state index in [0.29, 0.717) is 35.5 Å². The molecule has 0 spiro atoms. The Kier molecular flexibility index (Phi) is 4.89. The number of carboxylic acid groups (broad SMARTS) is 1. The average molecular weight is 369 g/mol. The van der Waals surface area contributed by atoms with Gasteiger partial charge in [-0.2, -0.15) is 5.26 Å². The van der Waals surface area contributed by atoms with Crippen molar-refractivity contribution in [1.82, 2.24) is 14.5 Å². The van der Waals surface area contributed by atoms with Crippen LogP contribution >= 0.6 is 0 Å². The Morgan fingerprint density at radius 3 is 2.67 bits per heavy atom. The number of carboxylic acids is 1. The van der Waals surface area contributed by atoms with Gasteiger partial charge >= 0.3 is 5.97 Å². The lowest BCUT2D eigenvalue weighted by atomic mass is 10.0. The number of nitriles is 1. The van der Waals surface area contributed by atoms with Gasteiger partial charge in [-0.3, -0.25) is 14.5 Å². The molecule has 2 aromatic rings. The number of hydrogen-bond donors (Lipinski definition) is 1. The van der Waals surface area contributed by atoms with Crippen LogP contribution in [0.5, 0.6) is 0 Å². The zero-order valence-electron chi connectivity index (χ0n) is 15.9. The Hall–Kier alpha value is -2.92. The minimum atomic E-state index is -0.846. The first-order valence-corrected chi connectivity index (χ1v) is 8.90. The summed E-state index contributed by atoms with van der Waals surface area (Å²) in [6.45, 7) is 6.80. The molecule has 3 heterocycles. The monoisotopic (exact) mass is 369 g/mol. The number of fused-ring (bicyclic) bond motifs is 1. The number of pyridine rings is 2. The van der Waals surface area contributed by atoms with Crippen molar-refractivity contribution in [2.75, 3.05) is 18.0 Å². The lowest BCUT2D eigenvalue weighted by Gasteiger charge is -2.46. The highest BCUT2D eigenvalue weighted by Gasteiger charge is 2.35. The molecule has 1 saturated heterocycles. The van der Waals surface area contributed by atoms with Crippen LogP contribution in [0, 0.1) is 11.3 Å². The van der Waals surface area contributed by atoms with E-state index in [0.717, 1.165) is 0 Å². The number of hydrogen-bond acceptors (Lipinski definition) is 6. The topological polar surface area (TPSA) is 102 Å². The summed E-state index contributed by atoms with van der Waals surface area (Å²) in [5.74, 6) is -0.846. The number of carbonyl (C=O) groups is 1. The summed E-state index contributed by atoms with van der Waals surface area (Å²) in [5.41, 5.74) is 2.10. The largest absolute Gasteiger partial charge is 0.480 e. The van der Waals surface area contributed by atoms with Crippen LogP contribution in [-0.4, -0.2) is 56.7 Å². The maximum Gasteiger partial charge on any atom is 0.320 e. The second-order valence-corrected chi connectivity index (χ2v) is 7.16. The third-order valence-corrected chi connectivity index (χ3v) is 5.38. The molecule has 1 fully saturated rings. The highest BCUT2D eigenvalue weighted by molar-refractivity contribution is 5.89. The van der Waals surface area contributed by atoms with E-state index in [-0.39, 0.29) is 17.6 Å². The fourth-order valence-corrected chi connectivity index (χ4v) is 3.76. The Bertz CT molecular complexity index is 993. The average Bonchev–Trinajstić information content (AvgIpc) is 2.65. The molecule has 0 saturated carbocycles. The maximum absolute atomic E-state index is 12.5. The van der Waals surface area contributed by atoms with Crippen LogP contribution in [0.1, 0.15) is 26.5 Å². The SMILES string of the molecule is CC(C(=O)O)N1C[C@H](C)N(c2cc(=O)n(C)c3ccc(C#N)nc23)C[C@H]1C. The van der Waals surface area contributed by atoms with E-state index in [4.69, 9.17) is 0 Å². The number of aryl methyl sites for hydroxylation is 1. The molecule has 0 aliphatic carbocycles. The smallest absolute Gasteiger partial charge is 0.320 e. The number of nitrogens with zero attached hydrogens (tertiary/aromatic N) is 5. The summed E-state index contributed by atoms with van der Waals surface area (Å²) in [4.78, 5) is 32.3. The molecule has 0 radical (unpaired) electrons. The zero-order chi connectivity index (χ0) is 19.9. The minimum Gasteiger partial charge on any atom is -0.480 e. The molecule has 1 N–H and O–H groups in total. The number of aromatic nitrogens is 2. The maximum atomic E-state index is 12.5. The van der Waals surface area contributed by atoms with Gasteiger partial charge in [-0.1, -0.05) is 0 Å². The van der Waals surface area contributed by atoms with Crippen molar-refractivity contribution in [3.63, 3.8) is 0 Å². The molecule has 0 aromatic carbocycles. The highest BCUT2D eigenvalue weighted by Crippen LogP contribution is 2.29. The van der Waals surface area contributed by atoms with Crippen LogP contribution < -0.4 is 10.5 Å². The first-order chi connectivity index (χ1) is 12.7. The Labute approximate surface area is 157 Å². The van der Waals surface area contributed by atoms with Crippen molar-refractivity contribution < 1.29 is 9.90 Å². The Balaban J connectivity index is 2.08. The van der Waals surface area contributed by atoms with Gasteiger partial charge in [0.05, 0.1) is 11.2 Å². The van der Waals surface area contributed by atoms with Crippen LogP contribution in [-0.2, 0) is 11.8 Å². The van der Waals surface area contributed by atoms with Crippen molar-refractivity contribution >= 4 is 22.7 Å². The predicted molar refractivity (Wildman–Crippen MR) is 102 cm³/mol. The zero-order valence-corrected chi connectivity index (χ0v) is 15.9. The quantitative estimate of drug-likeness (QED) is 0.866. The fraction of sp³-hybridized carbons (Fsp3) is 0.474. The van der Waals surface area contributed by atoms with Gasteiger partial charge in [-0.15, -0.1) is 0 Å². The lowest BCUT2D eigenvalue weighted by Crippen LogP contribution is -2.60. The van der Waals surface area contributed by atoms with Gasteiger partial charge in [0.25, 0.3) is 5.56 Å². The van der Waals surface area contributed by atoms with Gasteiger partial charge in [0, 0.05) is 38.3 Å². The van der Waals surface area contributed by atoms with E-state index < -0.39 is 12.0 Å². The standard InChI is InChI=1S/C19H23N5O3/c1-11-10-24(12(2)9-23(11)13(3)19(26)27)16-7-17(25)22(4)15-6-5-14(8-20)21-18(15)16/h5-7,11-13H,9-10H2,1-4H3,(H,26,27)/t11-,12+,13?/m1/s1. The first-order valence-electron chi connectivity index (χ1n) is 8.90. The summed E-state index contributed by atoms with van der Waals surface area (Å²) < 4.78 is 1.52. The Morgan fingerprint density at radius 2 is 2.04 bits per heavy atom. The molecule has 0 amide bonds. The summed E-state index contributed by atoms with van der Waals surface area (Å²) in [6.07, 6.45) is 0. The fourth-order valence-electron chi connectivity index (χ4n) is 3.76. The van der Waals surface area contributed by atoms with E-state index in [1.54, 1.807) is 32.2 Å². The van der Waals surface area contributed by atoms with Crippen molar-refractivity contribution in [2.24, 2.45) is 7.05 Å². The van der Waals surface area contributed by atoms with Crippen LogP contribution in [0.25, 0.3) is 11.0 Å². The third-order valence-electron chi connectivity index (χ3n) is 5.38. The van der Waals surface area contributed by atoms with Crippen molar-refractivity contribution in [3.05, 3.63) is 34.2 Å². The number of anilines is 1. The third kappa shape index (κ3) is 3.26. The molecule has 142 valence electrons. The van der Waals surface area contributed by atoms with Crippen LogP contribution in [0.15, 0.2) is 23.0 Å². The number of rotatable bonds is 3.